The van der Waals surface area contributed by atoms with Gasteiger partial charge in [0.2, 0.25) is 0 Å². The molecule has 0 radical (unpaired) electrons. The first-order valence-electron chi connectivity index (χ1n) is 5.83. The molecule has 2 unspecified atom stereocenters. The fraction of sp³-hybridized carbons (Fsp3) is 0.462. The highest BCUT2D eigenvalue weighted by molar-refractivity contribution is 7.99. The van der Waals surface area contributed by atoms with Gasteiger partial charge >= 0.3 is 5.97 Å². The second kappa shape index (κ2) is 5.71. The minimum atomic E-state index is -1.23. The first kappa shape index (κ1) is 13.4. The van der Waals surface area contributed by atoms with Crippen molar-refractivity contribution in [2.45, 2.75) is 30.5 Å². The second-order valence-corrected chi connectivity index (χ2v) is 5.56. The van der Waals surface area contributed by atoms with Gasteiger partial charge in [-0.15, -0.1) is 0 Å². The summed E-state index contributed by atoms with van der Waals surface area (Å²) >= 11 is 1.73. The van der Waals surface area contributed by atoms with Crippen molar-refractivity contribution in [2.75, 3.05) is 6.61 Å². The fourth-order valence-electron chi connectivity index (χ4n) is 1.96. The zero-order valence-electron chi connectivity index (χ0n) is 10.1. The van der Waals surface area contributed by atoms with E-state index in [1.165, 1.54) is 12.1 Å². The molecule has 1 aromatic rings. The van der Waals surface area contributed by atoms with E-state index >= 15 is 0 Å². The monoisotopic (exact) mass is 270 g/mol. The van der Waals surface area contributed by atoms with Crippen LogP contribution >= 0.6 is 11.8 Å². The summed E-state index contributed by atoms with van der Waals surface area (Å²) in [7, 11) is 0. The number of ether oxygens (including phenoxy) is 1. The number of halogens is 1. The average molecular weight is 270 g/mol. The Morgan fingerprint density at radius 1 is 1.61 bits per heavy atom. The van der Waals surface area contributed by atoms with E-state index in [9.17, 15) is 9.18 Å². The second-order valence-electron chi connectivity index (χ2n) is 4.33. The maximum Gasteiger partial charge on any atom is 0.338 e. The first-order chi connectivity index (χ1) is 8.58. The van der Waals surface area contributed by atoms with Gasteiger partial charge in [-0.25, -0.2) is 9.18 Å². The third kappa shape index (κ3) is 3.03. The standard InChI is InChI=1S/C13H15FO3S/c1-8-12(4-5-17-8)18-7-9-2-3-10(13(15)16)11(14)6-9/h2-3,6,8,12H,4-5,7H2,1H3,(H,15,16). The van der Waals surface area contributed by atoms with Crippen LogP contribution in [-0.2, 0) is 10.5 Å². The highest BCUT2D eigenvalue weighted by atomic mass is 32.2. The molecule has 0 aliphatic carbocycles. The Kier molecular flexibility index (Phi) is 4.24. The van der Waals surface area contributed by atoms with Crippen molar-refractivity contribution in [1.29, 1.82) is 0 Å². The molecule has 1 fully saturated rings. The van der Waals surface area contributed by atoms with Crippen molar-refractivity contribution >= 4 is 17.7 Å². The Morgan fingerprint density at radius 3 is 2.94 bits per heavy atom. The Balaban J connectivity index is 1.98. The maximum absolute atomic E-state index is 13.5. The summed E-state index contributed by atoms with van der Waals surface area (Å²) in [4.78, 5) is 10.7. The van der Waals surface area contributed by atoms with Gasteiger partial charge in [0.1, 0.15) is 5.82 Å². The number of aromatic carboxylic acids is 1. The lowest BCUT2D eigenvalue weighted by Crippen LogP contribution is -2.13. The van der Waals surface area contributed by atoms with Crippen LogP contribution in [0.15, 0.2) is 18.2 Å². The van der Waals surface area contributed by atoms with E-state index < -0.39 is 11.8 Å². The Bertz CT molecular complexity index is 450. The van der Waals surface area contributed by atoms with Crippen molar-refractivity contribution in [2.24, 2.45) is 0 Å². The zero-order valence-corrected chi connectivity index (χ0v) is 10.9. The van der Waals surface area contributed by atoms with Gasteiger partial charge in [-0.05, 0) is 31.0 Å². The number of rotatable bonds is 4. The summed E-state index contributed by atoms with van der Waals surface area (Å²) in [6.07, 6.45) is 1.25. The van der Waals surface area contributed by atoms with E-state index in [1.807, 2.05) is 6.92 Å². The van der Waals surface area contributed by atoms with E-state index in [4.69, 9.17) is 9.84 Å². The van der Waals surface area contributed by atoms with Crippen LogP contribution < -0.4 is 0 Å². The third-order valence-corrected chi connectivity index (χ3v) is 4.58. The molecule has 0 saturated carbocycles. The van der Waals surface area contributed by atoms with Crippen molar-refractivity contribution in [3.05, 3.63) is 35.1 Å². The third-order valence-electron chi connectivity index (χ3n) is 3.03. The number of carboxylic acid groups (broad SMARTS) is 1. The fourth-order valence-corrected chi connectivity index (χ4v) is 3.15. The number of hydrogen-bond donors (Lipinski definition) is 1. The van der Waals surface area contributed by atoms with Gasteiger partial charge in [0.05, 0.1) is 11.7 Å². The van der Waals surface area contributed by atoms with Crippen LogP contribution in [0.1, 0.15) is 29.3 Å². The van der Waals surface area contributed by atoms with E-state index in [-0.39, 0.29) is 11.7 Å². The Morgan fingerprint density at radius 2 is 2.39 bits per heavy atom. The molecule has 0 spiro atoms. The van der Waals surface area contributed by atoms with Crippen LogP contribution in [0.5, 0.6) is 0 Å². The highest BCUT2D eigenvalue weighted by Gasteiger charge is 2.24. The molecule has 1 aliphatic heterocycles. The van der Waals surface area contributed by atoms with Gasteiger partial charge in [-0.2, -0.15) is 11.8 Å². The lowest BCUT2D eigenvalue weighted by molar-refractivity contribution is 0.0692. The van der Waals surface area contributed by atoms with E-state index in [0.29, 0.717) is 11.0 Å². The molecule has 0 amide bonds. The van der Waals surface area contributed by atoms with Gasteiger partial charge in [0, 0.05) is 17.6 Å². The lowest BCUT2D eigenvalue weighted by Gasteiger charge is -2.13. The van der Waals surface area contributed by atoms with Crippen LogP contribution in [0.25, 0.3) is 0 Å². The number of benzene rings is 1. The zero-order chi connectivity index (χ0) is 13.1. The van der Waals surface area contributed by atoms with Gasteiger partial charge < -0.3 is 9.84 Å². The minimum Gasteiger partial charge on any atom is -0.478 e. The van der Waals surface area contributed by atoms with E-state index in [1.54, 1.807) is 17.8 Å². The van der Waals surface area contributed by atoms with E-state index in [2.05, 4.69) is 0 Å². The predicted octanol–water partition coefficient (Wildman–Crippen LogP) is 2.93. The van der Waals surface area contributed by atoms with Crippen LogP contribution in [0.3, 0.4) is 0 Å². The van der Waals surface area contributed by atoms with Gasteiger partial charge in [0.15, 0.2) is 0 Å². The maximum atomic E-state index is 13.5. The lowest BCUT2D eigenvalue weighted by atomic mass is 10.1. The van der Waals surface area contributed by atoms with Crippen LogP contribution in [-0.4, -0.2) is 29.0 Å². The molecule has 5 heteroatoms. The molecule has 1 N–H and O–H groups in total. The average Bonchev–Trinajstić information content (AvgIpc) is 2.72. The van der Waals surface area contributed by atoms with Crippen molar-refractivity contribution in [3.63, 3.8) is 0 Å². The van der Waals surface area contributed by atoms with Crippen molar-refractivity contribution in [3.8, 4) is 0 Å². The Hall–Kier alpha value is -1.07. The van der Waals surface area contributed by atoms with Gasteiger partial charge in [-0.1, -0.05) is 6.07 Å². The molecular weight excluding hydrogens is 255 g/mol. The molecule has 2 rings (SSSR count). The predicted molar refractivity (Wildman–Crippen MR) is 68.5 cm³/mol. The summed E-state index contributed by atoms with van der Waals surface area (Å²) < 4.78 is 18.9. The van der Waals surface area contributed by atoms with Crippen LogP contribution in [0, 0.1) is 5.82 Å². The minimum absolute atomic E-state index is 0.234. The van der Waals surface area contributed by atoms with Crippen molar-refractivity contribution in [1.82, 2.24) is 0 Å². The molecule has 0 bridgehead atoms. The van der Waals surface area contributed by atoms with Gasteiger partial charge in [-0.3, -0.25) is 0 Å². The number of carbonyl (C=O) groups is 1. The molecule has 1 heterocycles. The molecule has 1 aromatic carbocycles. The topological polar surface area (TPSA) is 46.5 Å². The van der Waals surface area contributed by atoms with Crippen molar-refractivity contribution < 1.29 is 19.0 Å². The summed E-state index contributed by atoms with van der Waals surface area (Å²) in [6, 6.07) is 4.29. The smallest absolute Gasteiger partial charge is 0.338 e. The van der Waals surface area contributed by atoms with Gasteiger partial charge in [0.25, 0.3) is 0 Å². The first-order valence-corrected chi connectivity index (χ1v) is 6.87. The molecule has 1 aliphatic rings. The molecule has 3 nitrogen and oxygen atoms in total. The SMILES string of the molecule is CC1OCCC1SCc1ccc(C(=O)O)c(F)c1. The summed E-state index contributed by atoms with van der Waals surface area (Å²) in [5, 5.41) is 9.17. The number of carboxylic acids is 1. The molecule has 2 atom stereocenters. The van der Waals surface area contributed by atoms with E-state index in [0.717, 1.165) is 18.6 Å². The molecule has 0 aromatic heterocycles. The number of thioether (sulfide) groups is 1. The molecule has 1 saturated heterocycles. The quantitative estimate of drug-likeness (QED) is 0.913. The molecular formula is C13H15FO3S. The van der Waals surface area contributed by atoms with Crippen LogP contribution in [0.2, 0.25) is 0 Å². The highest BCUT2D eigenvalue weighted by Crippen LogP contribution is 2.29. The largest absolute Gasteiger partial charge is 0.478 e. The normalized spacial score (nSPS) is 23.2. The Labute approximate surface area is 109 Å². The number of hydrogen-bond acceptors (Lipinski definition) is 3. The summed E-state index contributed by atoms with van der Waals surface area (Å²) in [5.41, 5.74) is 0.530. The molecule has 18 heavy (non-hydrogen) atoms. The molecule has 98 valence electrons. The summed E-state index contributed by atoms with van der Waals surface area (Å²) in [5.74, 6) is -1.23. The summed E-state index contributed by atoms with van der Waals surface area (Å²) in [6.45, 7) is 2.82. The van der Waals surface area contributed by atoms with Crippen LogP contribution in [0.4, 0.5) is 4.39 Å².